The molecule has 1 aliphatic heterocycles. The molecule has 0 radical (unpaired) electrons. The van der Waals surface area contributed by atoms with E-state index in [0.29, 0.717) is 12.5 Å². The third-order valence-corrected chi connectivity index (χ3v) is 3.62. The number of benzene rings is 1. The summed E-state index contributed by atoms with van der Waals surface area (Å²) in [7, 11) is 0. The monoisotopic (exact) mass is 425 g/mol. The Morgan fingerprint density at radius 1 is 1.36 bits per heavy atom. The average Bonchev–Trinajstić information content (AvgIpc) is 2.46. The van der Waals surface area contributed by atoms with Crippen molar-refractivity contribution in [2.75, 3.05) is 26.2 Å². The van der Waals surface area contributed by atoms with Gasteiger partial charge in [-0.15, -0.1) is 24.0 Å². The van der Waals surface area contributed by atoms with E-state index >= 15 is 0 Å². The number of guanidine groups is 1. The molecule has 2 rings (SSSR count). The molecule has 2 N–H and O–H groups in total. The fourth-order valence-corrected chi connectivity index (χ4v) is 2.25. The zero-order chi connectivity index (χ0) is 15.2. The number of ether oxygens (including phenoxy) is 1. The molecule has 7 heteroatoms. The second-order valence-electron chi connectivity index (χ2n) is 5.33. The second-order valence-corrected chi connectivity index (χ2v) is 5.33. The first-order valence-electron chi connectivity index (χ1n) is 7.19. The summed E-state index contributed by atoms with van der Waals surface area (Å²) in [5.41, 5.74) is 5.92. The van der Waals surface area contributed by atoms with Crippen LogP contribution in [0.25, 0.3) is 0 Å². The van der Waals surface area contributed by atoms with Gasteiger partial charge in [0.15, 0.2) is 17.5 Å². The van der Waals surface area contributed by atoms with Crippen LogP contribution in [0.4, 0.5) is 8.78 Å². The lowest BCUT2D eigenvalue weighted by molar-refractivity contribution is 0.275. The zero-order valence-corrected chi connectivity index (χ0v) is 14.9. The van der Waals surface area contributed by atoms with E-state index in [2.05, 4.69) is 16.8 Å². The van der Waals surface area contributed by atoms with Crippen LogP contribution in [0.2, 0.25) is 0 Å². The highest BCUT2D eigenvalue weighted by atomic mass is 127. The van der Waals surface area contributed by atoms with Crippen molar-refractivity contribution in [3.05, 3.63) is 29.8 Å². The predicted molar refractivity (Wildman–Crippen MR) is 93.7 cm³/mol. The number of nitrogens with zero attached hydrogens (tertiary/aromatic N) is 2. The molecule has 1 aromatic rings. The molecule has 1 saturated heterocycles. The molecule has 124 valence electrons. The SMILES string of the molecule is CC1CCN(C(N)=NCCOc2ccc(F)cc2F)CC1.I. The third-order valence-electron chi connectivity index (χ3n) is 3.62. The van der Waals surface area contributed by atoms with Gasteiger partial charge in [-0.2, -0.15) is 0 Å². The standard InChI is InChI=1S/C15H21F2N3O.HI/c1-11-4-7-20(8-5-11)15(18)19-6-9-21-14-3-2-12(16)10-13(14)17;/h2-3,10-11H,4-9H2,1H3,(H2,18,19);1H. The smallest absolute Gasteiger partial charge is 0.191 e. The number of nitrogens with two attached hydrogens (primary N) is 1. The molecule has 4 nitrogen and oxygen atoms in total. The summed E-state index contributed by atoms with van der Waals surface area (Å²) in [6.07, 6.45) is 2.24. The van der Waals surface area contributed by atoms with Crippen LogP contribution in [-0.2, 0) is 0 Å². The molecule has 0 spiro atoms. The van der Waals surface area contributed by atoms with Crippen molar-refractivity contribution in [1.82, 2.24) is 4.90 Å². The Balaban J connectivity index is 0.00000242. The van der Waals surface area contributed by atoms with E-state index in [0.717, 1.165) is 44.0 Å². The number of piperidine rings is 1. The van der Waals surface area contributed by atoms with Gasteiger partial charge in [0.05, 0.1) is 6.54 Å². The predicted octanol–water partition coefficient (Wildman–Crippen LogP) is 3.01. The van der Waals surface area contributed by atoms with Crippen LogP contribution in [0.1, 0.15) is 19.8 Å². The molecule has 0 atom stereocenters. The van der Waals surface area contributed by atoms with Gasteiger partial charge in [0.2, 0.25) is 0 Å². The molecule has 0 aromatic heterocycles. The highest BCUT2D eigenvalue weighted by Gasteiger charge is 2.16. The first kappa shape index (κ1) is 18.9. The van der Waals surface area contributed by atoms with Crippen LogP contribution >= 0.6 is 24.0 Å². The van der Waals surface area contributed by atoms with Gasteiger partial charge in [-0.05, 0) is 30.9 Å². The highest BCUT2D eigenvalue weighted by molar-refractivity contribution is 14.0. The second kappa shape index (κ2) is 9.12. The number of hydrogen-bond acceptors (Lipinski definition) is 2. The minimum atomic E-state index is -0.711. The van der Waals surface area contributed by atoms with Gasteiger partial charge in [-0.25, -0.2) is 13.8 Å². The van der Waals surface area contributed by atoms with E-state index in [4.69, 9.17) is 10.5 Å². The summed E-state index contributed by atoms with van der Waals surface area (Å²) >= 11 is 0. The Bertz CT molecular complexity index is 506. The van der Waals surface area contributed by atoms with Crippen LogP contribution in [-0.4, -0.2) is 37.1 Å². The minimum absolute atomic E-state index is 0. The molecule has 1 aromatic carbocycles. The van der Waals surface area contributed by atoms with Crippen molar-refractivity contribution in [1.29, 1.82) is 0 Å². The van der Waals surface area contributed by atoms with Gasteiger partial charge in [-0.1, -0.05) is 6.92 Å². The van der Waals surface area contributed by atoms with E-state index in [1.165, 1.54) is 6.07 Å². The van der Waals surface area contributed by atoms with Crippen LogP contribution in [0.3, 0.4) is 0 Å². The van der Waals surface area contributed by atoms with Crippen molar-refractivity contribution in [3.63, 3.8) is 0 Å². The Hall–Kier alpha value is -1.12. The lowest BCUT2D eigenvalue weighted by Crippen LogP contribution is -2.42. The quantitative estimate of drug-likeness (QED) is 0.349. The van der Waals surface area contributed by atoms with Gasteiger partial charge in [-0.3, -0.25) is 0 Å². The molecule has 1 aliphatic rings. The zero-order valence-electron chi connectivity index (χ0n) is 12.6. The molecular formula is C15H22F2IN3O. The van der Waals surface area contributed by atoms with Crippen molar-refractivity contribution in [3.8, 4) is 5.75 Å². The lowest BCUT2D eigenvalue weighted by atomic mass is 10.00. The van der Waals surface area contributed by atoms with Crippen LogP contribution < -0.4 is 10.5 Å². The maximum Gasteiger partial charge on any atom is 0.191 e. The first-order chi connectivity index (χ1) is 10.1. The number of halogens is 3. The fourth-order valence-electron chi connectivity index (χ4n) is 2.25. The Morgan fingerprint density at radius 2 is 2.05 bits per heavy atom. The number of rotatable bonds is 4. The van der Waals surface area contributed by atoms with Gasteiger partial charge in [0.25, 0.3) is 0 Å². The molecular weight excluding hydrogens is 403 g/mol. The summed E-state index contributed by atoms with van der Waals surface area (Å²) in [5.74, 6) is -0.0701. The van der Waals surface area contributed by atoms with Crippen molar-refractivity contribution in [2.24, 2.45) is 16.6 Å². The Labute approximate surface area is 146 Å². The maximum absolute atomic E-state index is 13.3. The number of hydrogen-bond donors (Lipinski definition) is 1. The first-order valence-corrected chi connectivity index (χ1v) is 7.19. The summed E-state index contributed by atoms with van der Waals surface area (Å²) < 4.78 is 31.3. The highest BCUT2D eigenvalue weighted by Crippen LogP contribution is 2.17. The number of aliphatic imine (C=N–C) groups is 1. The van der Waals surface area contributed by atoms with E-state index in [-0.39, 0.29) is 36.3 Å². The summed E-state index contributed by atoms with van der Waals surface area (Å²) in [4.78, 5) is 6.29. The van der Waals surface area contributed by atoms with Gasteiger partial charge >= 0.3 is 0 Å². The Morgan fingerprint density at radius 3 is 2.68 bits per heavy atom. The molecule has 0 amide bonds. The topological polar surface area (TPSA) is 50.8 Å². The Kier molecular flexibility index (Phi) is 7.84. The van der Waals surface area contributed by atoms with E-state index in [9.17, 15) is 8.78 Å². The van der Waals surface area contributed by atoms with Crippen LogP contribution in [0.5, 0.6) is 5.75 Å². The van der Waals surface area contributed by atoms with Gasteiger partial charge in [0, 0.05) is 19.2 Å². The van der Waals surface area contributed by atoms with E-state index < -0.39 is 11.6 Å². The normalized spacial score (nSPS) is 16.3. The molecule has 1 heterocycles. The van der Waals surface area contributed by atoms with Crippen molar-refractivity contribution < 1.29 is 13.5 Å². The maximum atomic E-state index is 13.3. The summed E-state index contributed by atoms with van der Waals surface area (Å²) in [5, 5.41) is 0. The van der Waals surface area contributed by atoms with Crippen LogP contribution in [0, 0.1) is 17.6 Å². The lowest BCUT2D eigenvalue weighted by Gasteiger charge is -2.31. The third kappa shape index (κ3) is 5.58. The molecule has 0 aliphatic carbocycles. The molecule has 0 saturated carbocycles. The number of likely N-dealkylation sites (tertiary alicyclic amines) is 1. The summed E-state index contributed by atoms with van der Waals surface area (Å²) in [6, 6.07) is 3.22. The van der Waals surface area contributed by atoms with Crippen molar-refractivity contribution >= 4 is 29.9 Å². The average molecular weight is 425 g/mol. The van der Waals surface area contributed by atoms with Gasteiger partial charge < -0.3 is 15.4 Å². The summed E-state index contributed by atoms with van der Waals surface area (Å²) in [6.45, 7) is 4.62. The molecule has 0 bridgehead atoms. The van der Waals surface area contributed by atoms with E-state index in [1.807, 2.05) is 0 Å². The largest absolute Gasteiger partial charge is 0.489 e. The molecule has 1 fully saturated rings. The van der Waals surface area contributed by atoms with Gasteiger partial charge in [0.1, 0.15) is 12.4 Å². The van der Waals surface area contributed by atoms with Crippen molar-refractivity contribution in [2.45, 2.75) is 19.8 Å². The van der Waals surface area contributed by atoms with Crippen LogP contribution in [0.15, 0.2) is 23.2 Å². The minimum Gasteiger partial charge on any atom is -0.489 e. The fraction of sp³-hybridized carbons (Fsp3) is 0.533. The van der Waals surface area contributed by atoms with E-state index in [1.54, 1.807) is 0 Å². The molecule has 0 unspecified atom stereocenters. The molecule has 22 heavy (non-hydrogen) atoms.